The molecule has 1 unspecified atom stereocenters. The third-order valence-corrected chi connectivity index (χ3v) is 3.02. The normalized spacial score (nSPS) is 11.9. The van der Waals surface area contributed by atoms with Gasteiger partial charge in [0.25, 0.3) is 0 Å². The summed E-state index contributed by atoms with van der Waals surface area (Å²) in [5.41, 5.74) is 1.58. The smallest absolute Gasteiger partial charge is 0.319 e. The zero-order valence-electron chi connectivity index (χ0n) is 12.1. The van der Waals surface area contributed by atoms with E-state index in [1.165, 1.54) is 0 Å². The summed E-state index contributed by atoms with van der Waals surface area (Å²) in [4.78, 5) is 11.9. The first-order valence-electron chi connectivity index (χ1n) is 6.74. The van der Waals surface area contributed by atoms with Crippen molar-refractivity contribution in [1.82, 2.24) is 20.1 Å². The highest BCUT2D eigenvalue weighted by Crippen LogP contribution is 2.13. The van der Waals surface area contributed by atoms with Gasteiger partial charge in [-0.2, -0.15) is 0 Å². The maximum Gasteiger partial charge on any atom is 0.319 e. The van der Waals surface area contributed by atoms with Gasteiger partial charge >= 0.3 is 6.03 Å². The first-order chi connectivity index (χ1) is 10.2. The molecule has 1 heterocycles. The molecule has 2 aromatic rings. The molecule has 0 saturated carbocycles. The molecular weight excluding hydrogens is 270 g/mol. The van der Waals surface area contributed by atoms with E-state index in [9.17, 15) is 4.79 Å². The number of amides is 2. The van der Waals surface area contributed by atoms with Gasteiger partial charge in [0.1, 0.15) is 12.7 Å². The van der Waals surface area contributed by atoms with Crippen molar-refractivity contribution in [3.05, 3.63) is 36.9 Å². The minimum atomic E-state index is -0.250. The van der Waals surface area contributed by atoms with E-state index in [-0.39, 0.29) is 12.1 Å². The minimum absolute atomic E-state index is 0.00367. The van der Waals surface area contributed by atoms with Crippen molar-refractivity contribution in [1.29, 1.82) is 0 Å². The lowest BCUT2D eigenvalue weighted by Gasteiger charge is -2.16. The van der Waals surface area contributed by atoms with E-state index in [1.807, 2.05) is 31.2 Å². The van der Waals surface area contributed by atoms with Gasteiger partial charge in [0.15, 0.2) is 0 Å². The van der Waals surface area contributed by atoms with Crippen LogP contribution in [0.3, 0.4) is 0 Å². The lowest BCUT2D eigenvalue weighted by molar-refractivity contribution is 0.165. The number of aromatic nitrogens is 3. The fourth-order valence-corrected chi connectivity index (χ4v) is 1.89. The topological polar surface area (TPSA) is 81.1 Å². The number of methoxy groups -OCH3 is 1. The van der Waals surface area contributed by atoms with Gasteiger partial charge in [0.2, 0.25) is 0 Å². The number of hydrogen-bond acceptors (Lipinski definition) is 4. The molecule has 1 aromatic heterocycles. The molecule has 2 rings (SSSR count). The number of nitrogens with zero attached hydrogens (tertiary/aromatic N) is 3. The standard InChI is InChI=1S/C14H19N5O2/c1-3-11(8-21-2)17-14(20)18-12-5-4-6-13(7-12)19-9-15-16-10-19/h4-7,9-11H,3,8H2,1-2H3,(H2,17,18,20). The highest BCUT2D eigenvalue weighted by Gasteiger charge is 2.10. The van der Waals surface area contributed by atoms with Gasteiger partial charge in [-0.05, 0) is 24.6 Å². The van der Waals surface area contributed by atoms with E-state index in [1.54, 1.807) is 24.3 Å². The largest absolute Gasteiger partial charge is 0.383 e. The molecule has 0 fully saturated rings. The molecule has 0 bridgehead atoms. The average molecular weight is 289 g/mol. The summed E-state index contributed by atoms with van der Waals surface area (Å²) < 4.78 is 6.82. The SMILES string of the molecule is CCC(COC)NC(=O)Nc1cccc(-n2cnnc2)c1. The molecule has 0 spiro atoms. The van der Waals surface area contributed by atoms with Crippen LogP contribution in [-0.4, -0.2) is 40.6 Å². The van der Waals surface area contributed by atoms with Gasteiger partial charge in [0.05, 0.1) is 18.3 Å². The summed E-state index contributed by atoms with van der Waals surface area (Å²) in [6.07, 6.45) is 4.01. The number of nitrogens with one attached hydrogen (secondary N) is 2. The van der Waals surface area contributed by atoms with Crippen molar-refractivity contribution in [2.75, 3.05) is 19.0 Å². The zero-order chi connectivity index (χ0) is 15.1. The number of ether oxygens (including phenoxy) is 1. The number of carbonyl (C=O) groups is 1. The molecule has 21 heavy (non-hydrogen) atoms. The fourth-order valence-electron chi connectivity index (χ4n) is 1.89. The second-order valence-electron chi connectivity index (χ2n) is 4.58. The van der Waals surface area contributed by atoms with Gasteiger partial charge < -0.3 is 15.4 Å². The lowest BCUT2D eigenvalue weighted by atomic mass is 10.2. The summed E-state index contributed by atoms with van der Waals surface area (Å²) in [5, 5.41) is 13.2. The third kappa shape index (κ3) is 4.28. The molecule has 0 saturated heterocycles. The quantitative estimate of drug-likeness (QED) is 0.850. The van der Waals surface area contributed by atoms with Gasteiger partial charge in [0, 0.05) is 12.8 Å². The molecule has 2 amide bonds. The van der Waals surface area contributed by atoms with Crippen LogP contribution in [-0.2, 0) is 4.74 Å². The molecule has 1 aromatic carbocycles. The molecule has 7 nitrogen and oxygen atoms in total. The summed E-state index contributed by atoms with van der Waals surface area (Å²) in [7, 11) is 1.62. The predicted octanol–water partition coefficient (Wildman–Crippen LogP) is 1.81. The second-order valence-corrected chi connectivity index (χ2v) is 4.58. The van der Waals surface area contributed by atoms with Crippen molar-refractivity contribution in [3.63, 3.8) is 0 Å². The Morgan fingerprint density at radius 2 is 2.14 bits per heavy atom. The summed E-state index contributed by atoms with van der Waals surface area (Å²) >= 11 is 0. The highest BCUT2D eigenvalue weighted by molar-refractivity contribution is 5.89. The Morgan fingerprint density at radius 1 is 1.38 bits per heavy atom. The third-order valence-electron chi connectivity index (χ3n) is 3.02. The summed E-state index contributed by atoms with van der Waals surface area (Å²) in [6.45, 7) is 2.49. The Kier molecular flexibility index (Phi) is 5.28. The molecule has 7 heteroatoms. The highest BCUT2D eigenvalue weighted by atomic mass is 16.5. The van der Waals surface area contributed by atoms with Gasteiger partial charge in [-0.3, -0.25) is 4.57 Å². The van der Waals surface area contributed by atoms with Crippen molar-refractivity contribution >= 4 is 11.7 Å². The van der Waals surface area contributed by atoms with Crippen LogP contribution in [0.25, 0.3) is 5.69 Å². The number of rotatable bonds is 6. The van der Waals surface area contributed by atoms with E-state index < -0.39 is 0 Å². The van der Waals surface area contributed by atoms with Gasteiger partial charge in [-0.1, -0.05) is 13.0 Å². The first-order valence-corrected chi connectivity index (χ1v) is 6.74. The Morgan fingerprint density at radius 3 is 2.81 bits per heavy atom. The Balaban J connectivity index is 1.99. The molecular formula is C14H19N5O2. The van der Waals surface area contributed by atoms with Crippen molar-refractivity contribution in [2.45, 2.75) is 19.4 Å². The number of carbonyl (C=O) groups excluding carboxylic acids is 1. The van der Waals surface area contributed by atoms with Crippen LogP contribution in [0, 0.1) is 0 Å². The monoisotopic (exact) mass is 289 g/mol. The van der Waals surface area contributed by atoms with Gasteiger partial charge in [-0.25, -0.2) is 4.79 Å². The van der Waals surface area contributed by atoms with E-state index in [0.29, 0.717) is 12.3 Å². The van der Waals surface area contributed by atoms with Crippen LogP contribution in [0.2, 0.25) is 0 Å². The zero-order valence-corrected chi connectivity index (χ0v) is 12.1. The second kappa shape index (κ2) is 7.39. The van der Waals surface area contributed by atoms with Crippen LogP contribution in [0.1, 0.15) is 13.3 Å². The average Bonchev–Trinajstić information content (AvgIpc) is 3.01. The van der Waals surface area contributed by atoms with E-state index in [0.717, 1.165) is 12.1 Å². The van der Waals surface area contributed by atoms with Crippen molar-refractivity contribution in [3.8, 4) is 5.69 Å². The molecule has 112 valence electrons. The molecule has 0 radical (unpaired) electrons. The molecule has 0 aliphatic carbocycles. The summed E-state index contributed by atoms with van der Waals surface area (Å²) in [5.74, 6) is 0. The molecule has 0 aliphatic heterocycles. The number of urea groups is 1. The van der Waals surface area contributed by atoms with Crippen LogP contribution in [0.4, 0.5) is 10.5 Å². The number of anilines is 1. The first kappa shape index (κ1) is 15.0. The maximum absolute atomic E-state index is 11.9. The Bertz CT molecular complexity index is 571. The van der Waals surface area contributed by atoms with Crippen LogP contribution in [0.5, 0.6) is 0 Å². The van der Waals surface area contributed by atoms with E-state index in [2.05, 4.69) is 20.8 Å². The lowest BCUT2D eigenvalue weighted by Crippen LogP contribution is -2.40. The van der Waals surface area contributed by atoms with E-state index >= 15 is 0 Å². The number of benzene rings is 1. The molecule has 2 N–H and O–H groups in total. The van der Waals surface area contributed by atoms with Crippen LogP contribution < -0.4 is 10.6 Å². The van der Waals surface area contributed by atoms with Gasteiger partial charge in [-0.15, -0.1) is 10.2 Å². The van der Waals surface area contributed by atoms with Crippen molar-refractivity contribution < 1.29 is 9.53 Å². The fraction of sp³-hybridized carbons (Fsp3) is 0.357. The Hall–Kier alpha value is -2.41. The maximum atomic E-state index is 11.9. The van der Waals surface area contributed by atoms with E-state index in [4.69, 9.17) is 4.74 Å². The Labute approximate surface area is 123 Å². The number of hydrogen-bond donors (Lipinski definition) is 2. The predicted molar refractivity (Wildman–Crippen MR) is 79.5 cm³/mol. The molecule has 0 aliphatic rings. The van der Waals surface area contributed by atoms with Crippen molar-refractivity contribution in [2.24, 2.45) is 0 Å². The van der Waals surface area contributed by atoms with Crippen LogP contribution in [0.15, 0.2) is 36.9 Å². The summed E-state index contributed by atoms with van der Waals surface area (Å²) in [6, 6.07) is 7.19. The van der Waals surface area contributed by atoms with Crippen LogP contribution >= 0.6 is 0 Å². The minimum Gasteiger partial charge on any atom is -0.383 e. The molecule has 1 atom stereocenters.